The zero-order valence-corrected chi connectivity index (χ0v) is 17.5. The summed E-state index contributed by atoms with van der Waals surface area (Å²) in [6, 6.07) is 5.71. The standard InChI is InChI=1S/C22H32N2O4/c1-5-27-22(26)21-16(3)23(4)20-7-6-18(12-19(20)21)28-14-17(25)13-24-10-8-15(2)9-11-24/h6-7,12,15,17,25H,5,8-11,13-14H2,1-4H3/p+1/t17-/m1/s1. The number of piperidine rings is 1. The second-order valence-corrected chi connectivity index (χ2v) is 8.02. The Kier molecular flexibility index (Phi) is 6.62. The van der Waals surface area contributed by atoms with Crippen LogP contribution in [0.5, 0.6) is 5.75 Å². The fourth-order valence-corrected chi connectivity index (χ4v) is 4.06. The predicted molar refractivity (Wildman–Crippen MR) is 109 cm³/mol. The number of esters is 1. The molecule has 0 saturated carbocycles. The number of carbonyl (C=O) groups is 1. The highest BCUT2D eigenvalue weighted by Gasteiger charge is 2.23. The average Bonchev–Trinajstić information content (AvgIpc) is 2.92. The van der Waals surface area contributed by atoms with Crippen molar-refractivity contribution in [3.8, 4) is 5.75 Å². The van der Waals surface area contributed by atoms with Gasteiger partial charge in [-0.2, -0.15) is 0 Å². The van der Waals surface area contributed by atoms with Gasteiger partial charge in [-0.05, 0) is 50.8 Å². The number of aliphatic hydroxyl groups is 1. The lowest BCUT2D eigenvalue weighted by atomic mass is 9.99. The normalized spacial score (nSPS) is 20.9. The monoisotopic (exact) mass is 389 g/mol. The van der Waals surface area contributed by atoms with E-state index in [4.69, 9.17) is 9.47 Å². The van der Waals surface area contributed by atoms with Crippen molar-refractivity contribution in [1.82, 2.24) is 4.57 Å². The van der Waals surface area contributed by atoms with Crippen LogP contribution in [0.25, 0.3) is 10.9 Å². The number of aromatic nitrogens is 1. The second-order valence-electron chi connectivity index (χ2n) is 8.02. The minimum atomic E-state index is -0.499. The lowest BCUT2D eigenvalue weighted by molar-refractivity contribution is -0.909. The number of carbonyl (C=O) groups excluding carboxylic acids is 1. The number of fused-ring (bicyclic) bond motifs is 1. The Balaban J connectivity index is 1.68. The summed E-state index contributed by atoms with van der Waals surface area (Å²) in [7, 11) is 1.94. The van der Waals surface area contributed by atoms with Crippen molar-refractivity contribution >= 4 is 16.9 Å². The number of hydrogen-bond donors (Lipinski definition) is 2. The summed E-state index contributed by atoms with van der Waals surface area (Å²) < 4.78 is 13.1. The molecule has 1 aliphatic heterocycles. The van der Waals surface area contributed by atoms with Gasteiger partial charge in [0.2, 0.25) is 0 Å². The van der Waals surface area contributed by atoms with E-state index in [2.05, 4.69) is 6.92 Å². The summed E-state index contributed by atoms with van der Waals surface area (Å²) >= 11 is 0. The summed E-state index contributed by atoms with van der Waals surface area (Å²) in [6.07, 6.45) is 1.95. The van der Waals surface area contributed by atoms with E-state index in [1.807, 2.05) is 36.7 Å². The van der Waals surface area contributed by atoms with E-state index in [1.54, 1.807) is 6.92 Å². The Hall–Kier alpha value is -2.05. The molecule has 3 rings (SSSR count). The molecular weight excluding hydrogens is 356 g/mol. The Bertz CT molecular complexity index is 822. The summed E-state index contributed by atoms with van der Waals surface area (Å²) in [4.78, 5) is 13.8. The van der Waals surface area contributed by atoms with E-state index in [0.29, 0.717) is 24.5 Å². The number of nitrogens with one attached hydrogen (secondary N) is 1. The zero-order chi connectivity index (χ0) is 20.3. The predicted octanol–water partition coefficient (Wildman–Crippen LogP) is 1.72. The molecule has 2 aromatic rings. The van der Waals surface area contributed by atoms with Gasteiger partial charge in [0.15, 0.2) is 0 Å². The molecule has 0 amide bonds. The first-order valence-corrected chi connectivity index (χ1v) is 10.3. The van der Waals surface area contributed by atoms with Gasteiger partial charge in [0.05, 0.1) is 25.3 Å². The van der Waals surface area contributed by atoms with Gasteiger partial charge in [0.25, 0.3) is 0 Å². The van der Waals surface area contributed by atoms with Gasteiger partial charge in [-0.25, -0.2) is 4.79 Å². The van der Waals surface area contributed by atoms with Crippen LogP contribution in [-0.4, -0.2) is 54.6 Å². The Morgan fingerprint density at radius 2 is 2.07 bits per heavy atom. The molecule has 28 heavy (non-hydrogen) atoms. The summed E-state index contributed by atoms with van der Waals surface area (Å²) in [6.45, 7) is 9.57. The van der Waals surface area contributed by atoms with Crippen LogP contribution in [0.3, 0.4) is 0 Å². The van der Waals surface area contributed by atoms with E-state index >= 15 is 0 Å². The van der Waals surface area contributed by atoms with Crippen molar-refractivity contribution in [1.29, 1.82) is 0 Å². The fourth-order valence-electron chi connectivity index (χ4n) is 4.06. The molecule has 0 aliphatic carbocycles. The van der Waals surface area contributed by atoms with Crippen molar-refractivity contribution in [3.63, 3.8) is 0 Å². The molecule has 0 radical (unpaired) electrons. The van der Waals surface area contributed by atoms with Gasteiger partial charge in [-0.3, -0.25) is 0 Å². The molecule has 6 nitrogen and oxygen atoms in total. The van der Waals surface area contributed by atoms with Crippen molar-refractivity contribution < 1.29 is 24.3 Å². The van der Waals surface area contributed by atoms with Crippen molar-refractivity contribution in [2.24, 2.45) is 13.0 Å². The van der Waals surface area contributed by atoms with Crippen LogP contribution < -0.4 is 9.64 Å². The molecule has 154 valence electrons. The molecule has 2 heterocycles. The molecule has 2 N–H and O–H groups in total. The summed E-state index contributed by atoms with van der Waals surface area (Å²) in [5.41, 5.74) is 2.41. The van der Waals surface area contributed by atoms with Crippen LogP contribution in [0.4, 0.5) is 0 Å². The van der Waals surface area contributed by atoms with Gasteiger partial charge < -0.3 is 24.0 Å². The number of hydrogen-bond acceptors (Lipinski definition) is 4. The SMILES string of the molecule is CCOC(=O)c1c(C)n(C)c2ccc(OC[C@H](O)C[NH+]3CCC(C)CC3)cc12. The maximum absolute atomic E-state index is 12.4. The van der Waals surface area contributed by atoms with Gasteiger partial charge >= 0.3 is 5.97 Å². The summed E-state index contributed by atoms with van der Waals surface area (Å²) in [5.74, 6) is 1.14. The number of likely N-dealkylation sites (tertiary alicyclic amines) is 1. The lowest BCUT2D eigenvalue weighted by Gasteiger charge is -2.28. The minimum Gasteiger partial charge on any atom is -0.491 e. The first kappa shape index (κ1) is 20.7. The quantitative estimate of drug-likeness (QED) is 0.708. The largest absolute Gasteiger partial charge is 0.491 e. The van der Waals surface area contributed by atoms with Crippen LogP contribution in [0.2, 0.25) is 0 Å². The number of ether oxygens (including phenoxy) is 2. The van der Waals surface area contributed by atoms with Crippen LogP contribution in [0, 0.1) is 12.8 Å². The third-order valence-corrected chi connectivity index (χ3v) is 5.89. The van der Waals surface area contributed by atoms with E-state index in [0.717, 1.165) is 35.6 Å². The average molecular weight is 390 g/mol. The zero-order valence-electron chi connectivity index (χ0n) is 17.5. The first-order chi connectivity index (χ1) is 13.4. The van der Waals surface area contributed by atoms with E-state index in [9.17, 15) is 9.90 Å². The Morgan fingerprint density at radius 1 is 1.36 bits per heavy atom. The van der Waals surface area contributed by atoms with Gasteiger partial charge in [-0.15, -0.1) is 0 Å². The van der Waals surface area contributed by atoms with Gasteiger partial charge in [0.1, 0.15) is 25.0 Å². The molecule has 1 aromatic carbocycles. The van der Waals surface area contributed by atoms with Gasteiger partial charge in [-0.1, -0.05) is 6.92 Å². The third kappa shape index (κ3) is 4.50. The smallest absolute Gasteiger partial charge is 0.340 e. The molecule has 0 spiro atoms. The molecule has 1 saturated heterocycles. The number of rotatable bonds is 7. The van der Waals surface area contributed by atoms with E-state index in [1.165, 1.54) is 17.7 Å². The lowest BCUT2D eigenvalue weighted by Crippen LogP contribution is -3.14. The maximum Gasteiger partial charge on any atom is 0.340 e. The van der Waals surface area contributed by atoms with E-state index < -0.39 is 6.10 Å². The molecule has 0 bridgehead atoms. The molecule has 1 aliphatic rings. The molecule has 6 heteroatoms. The number of nitrogens with zero attached hydrogens (tertiary/aromatic N) is 1. The number of aryl methyl sites for hydroxylation is 1. The number of benzene rings is 1. The molecule has 0 unspecified atom stereocenters. The minimum absolute atomic E-state index is 0.255. The fraction of sp³-hybridized carbons (Fsp3) is 0.591. The van der Waals surface area contributed by atoms with Crippen LogP contribution in [-0.2, 0) is 11.8 Å². The van der Waals surface area contributed by atoms with Crippen molar-refractivity contribution in [2.75, 3.05) is 32.8 Å². The first-order valence-electron chi connectivity index (χ1n) is 10.3. The summed E-state index contributed by atoms with van der Waals surface area (Å²) in [5, 5.41) is 11.2. The number of aliphatic hydroxyl groups excluding tert-OH is 1. The van der Waals surface area contributed by atoms with Crippen LogP contribution in [0.1, 0.15) is 42.7 Å². The highest BCUT2D eigenvalue weighted by Crippen LogP contribution is 2.29. The van der Waals surface area contributed by atoms with Gasteiger partial charge in [0, 0.05) is 23.6 Å². The molecule has 1 aromatic heterocycles. The van der Waals surface area contributed by atoms with Crippen molar-refractivity contribution in [3.05, 3.63) is 29.5 Å². The highest BCUT2D eigenvalue weighted by atomic mass is 16.5. The van der Waals surface area contributed by atoms with E-state index in [-0.39, 0.29) is 12.6 Å². The third-order valence-electron chi connectivity index (χ3n) is 5.89. The second kappa shape index (κ2) is 8.97. The molecular formula is C22H33N2O4+. The maximum atomic E-state index is 12.4. The molecule has 1 atom stereocenters. The van der Waals surface area contributed by atoms with Crippen LogP contribution >= 0.6 is 0 Å². The Labute approximate surface area is 167 Å². The topological polar surface area (TPSA) is 65.1 Å². The number of quaternary nitrogens is 1. The Morgan fingerprint density at radius 3 is 2.75 bits per heavy atom. The highest BCUT2D eigenvalue weighted by molar-refractivity contribution is 6.06. The van der Waals surface area contributed by atoms with Crippen LogP contribution in [0.15, 0.2) is 18.2 Å². The molecule has 1 fully saturated rings. The van der Waals surface area contributed by atoms with Crippen molar-refractivity contribution in [2.45, 2.75) is 39.7 Å².